The Bertz CT molecular complexity index is 1690. The second-order valence-corrected chi connectivity index (χ2v) is 14.7. The molecule has 1 aliphatic rings. The van der Waals surface area contributed by atoms with Crippen LogP contribution in [0.3, 0.4) is 0 Å². The highest BCUT2D eigenvalue weighted by atomic mass is 35.5. The standard InChI is InChI=1S/C32H38Cl2F3N7OS/c1-18(24-7-6-14-46-24)39-29(45)21-15-23-28(42-27(21)44-12-10-20(11-13-44)32(35,36)37)43(5)30(40-23)41-26-22(33)9-8-19(25(26)34)16-38-17-31(2,3)4/h6-9,14-15,18,20,38H,10-13,16-17H2,1-5H3,(H,39,45)(H,40,41). The maximum Gasteiger partial charge on any atom is 0.391 e. The van der Waals surface area contributed by atoms with Gasteiger partial charge in [0.2, 0.25) is 5.95 Å². The summed E-state index contributed by atoms with van der Waals surface area (Å²) in [6.45, 7) is 9.89. The molecule has 8 nitrogen and oxygen atoms in total. The SMILES string of the molecule is CC(NC(=O)c1cc2nc(Nc3c(Cl)ccc(CNCC(C)(C)C)c3Cl)n(C)c2nc1N1CCC(C(F)(F)F)CC1)c1cccs1. The van der Waals surface area contributed by atoms with Crippen LogP contribution < -0.4 is 20.9 Å². The van der Waals surface area contributed by atoms with Gasteiger partial charge >= 0.3 is 6.18 Å². The summed E-state index contributed by atoms with van der Waals surface area (Å²) in [4.78, 5) is 26.0. The molecule has 1 fully saturated rings. The number of pyridine rings is 1. The van der Waals surface area contributed by atoms with Gasteiger partial charge in [-0.3, -0.25) is 9.36 Å². The van der Waals surface area contributed by atoms with Crippen molar-refractivity contribution in [1.29, 1.82) is 0 Å². The number of imidazole rings is 1. The van der Waals surface area contributed by atoms with Crippen molar-refractivity contribution in [2.45, 2.75) is 59.3 Å². The van der Waals surface area contributed by atoms with Gasteiger partial charge in [0.05, 0.1) is 33.3 Å². The molecule has 0 saturated carbocycles. The molecule has 1 aromatic carbocycles. The van der Waals surface area contributed by atoms with E-state index < -0.39 is 12.1 Å². The molecule has 1 unspecified atom stereocenters. The number of benzene rings is 1. The lowest BCUT2D eigenvalue weighted by molar-refractivity contribution is -0.179. The normalized spacial score (nSPS) is 15.4. The van der Waals surface area contributed by atoms with Crippen molar-refractivity contribution in [3.8, 4) is 0 Å². The van der Waals surface area contributed by atoms with Gasteiger partial charge in [-0.05, 0) is 54.3 Å². The number of piperidine rings is 1. The molecule has 3 N–H and O–H groups in total. The van der Waals surface area contributed by atoms with Crippen LogP contribution in [0.5, 0.6) is 0 Å². The average molecular weight is 697 g/mol. The van der Waals surface area contributed by atoms with Crippen molar-refractivity contribution < 1.29 is 18.0 Å². The molecule has 14 heteroatoms. The van der Waals surface area contributed by atoms with Crippen LogP contribution in [0, 0.1) is 11.3 Å². The minimum absolute atomic E-state index is 0.0774. The number of carbonyl (C=O) groups excluding carboxylic acids is 1. The third-order valence-corrected chi connectivity index (χ3v) is 9.82. The zero-order chi connectivity index (χ0) is 33.4. The van der Waals surface area contributed by atoms with Crippen molar-refractivity contribution in [1.82, 2.24) is 25.2 Å². The molecule has 1 amide bonds. The van der Waals surface area contributed by atoms with Gasteiger partial charge in [-0.25, -0.2) is 9.97 Å². The highest BCUT2D eigenvalue weighted by Crippen LogP contribution is 2.38. The summed E-state index contributed by atoms with van der Waals surface area (Å²) in [6, 6.07) is 8.85. The van der Waals surface area contributed by atoms with Crippen LogP contribution in [-0.4, -0.2) is 46.3 Å². The van der Waals surface area contributed by atoms with Gasteiger partial charge in [0.15, 0.2) is 5.65 Å². The van der Waals surface area contributed by atoms with Gasteiger partial charge in [0, 0.05) is 38.1 Å². The Hall–Kier alpha value is -3.06. The van der Waals surface area contributed by atoms with Crippen LogP contribution in [-0.2, 0) is 13.6 Å². The number of halogens is 5. The number of aromatic nitrogens is 3. The first-order valence-corrected chi connectivity index (χ1v) is 16.7. The summed E-state index contributed by atoms with van der Waals surface area (Å²) in [7, 11) is 1.76. The summed E-state index contributed by atoms with van der Waals surface area (Å²) in [5.74, 6) is -1.06. The third-order valence-electron chi connectivity index (χ3n) is 8.02. The molecule has 0 spiro atoms. The number of carbonyl (C=O) groups is 1. The molecule has 5 rings (SSSR count). The smallest absolute Gasteiger partial charge is 0.356 e. The van der Waals surface area contributed by atoms with E-state index >= 15 is 0 Å². The van der Waals surface area contributed by atoms with E-state index in [1.54, 1.807) is 28.6 Å². The van der Waals surface area contributed by atoms with Crippen LogP contribution >= 0.6 is 34.5 Å². The van der Waals surface area contributed by atoms with Crippen molar-refractivity contribution in [3.63, 3.8) is 0 Å². The summed E-state index contributed by atoms with van der Waals surface area (Å²) >= 11 is 14.9. The number of aryl methyl sites for hydroxylation is 1. The lowest BCUT2D eigenvalue weighted by Gasteiger charge is -2.34. The van der Waals surface area contributed by atoms with Crippen molar-refractivity contribution >= 4 is 69.1 Å². The number of nitrogens with one attached hydrogen (secondary N) is 3. The van der Waals surface area contributed by atoms with Crippen LogP contribution in [0.15, 0.2) is 35.7 Å². The van der Waals surface area contributed by atoms with Gasteiger partial charge in [0.25, 0.3) is 5.91 Å². The maximum absolute atomic E-state index is 13.7. The zero-order valence-electron chi connectivity index (χ0n) is 26.4. The number of hydrogen-bond acceptors (Lipinski definition) is 7. The molecule has 1 saturated heterocycles. The molecule has 0 aliphatic carbocycles. The van der Waals surface area contributed by atoms with Crippen molar-refractivity contribution in [2.75, 3.05) is 29.9 Å². The maximum atomic E-state index is 13.7. The highest BCUT2D eigenvalue weighted by Gasteiger charge is 2.41. The lowest BCUT2D eigenvalue weighted by Crippen LogP contribution is -2.40. The number of rotatable bonds is 9. The van der Waals surface area contributed by atoms with Crippen LogP contribution in [0.25, 0.3) is 11.2 Å². The van der Waals surface area contributed by atoms with Gasteiger partial charge < -0.3 is 20.9 Å². The predicted molar refractivity (Wildman–Crippen MR) is 181 cm³/mol. The number of amides is 1. The monoisotopic (exact) mass is 695 g/mol. The van der Waals surface area contributed by atoms with Crippen LogP contribution in [0.4, 0.5) is 30.6 Å². The molecule has 4 aromatic rings. The Balaban J connectivity index is 1.48. The number of nitrogens with zero attached hydrogens (tertiary/aromatic N) is 4. The summed E-state index contributed by atoms with van der Waals surface area (Å²) in [6.07, 6.45) is -4.41. The molecule has 4 heterocycles. The van der Waals surface area contributed by atoms with Crippen molar-refractivity contribution in [2.24, 2.45) is 18.4 Å². The summed E-state index contributed by atoms with van der Waals surface area (Å²) in [5, 5.41) is 12.5. The molecule has 1 aliphatic heterocycles. The Morgan fingerprint density at radius 3 is 2.48 bits per heavy atom. The first-order chi connectivity index (χ1) is 21.6. The van der Waals surface area contributed by atoms with Gasteiger partial charge in [-0.15, -0.1) is 11.3 Å². The Labute approximate surface area is 280 Å². The summed E-state index contributed by atoms with van der Waals surface area (Å²) < 4.78 is 42.1. The molecule has 46 heavy (non-hydrogen) atoms. The van der Waals surface area contributed by atoms with E-state index in [9.17, 15) is 18.0 Å². The number of fused-ring (bicyclic) bond motifs is 1. The quantitative estimate of drug-likeness (QED) is 0.163. The first kappa shape index (κ1) is 34.3. The number of hydrogen-bond donors (Lipinski definition) is 3. The molecule has 248 valence electrons. The average Bonchev–Trinajstić information content (AvgIpc) is 3.63. The van der Waals surface area contributed by atoms with E-state index in [2.05, 4.69) is 36.7 Å². The zero-order valence-corrected chi connectivity index (χ0v) is 28.7. The Morgan fingerprint density at radius 2 is 1.85 bits per heavy atom. The van der Waals surface area contributed by atoms with Gasteiger partial charge in [-0.1, -0.05) is 56.1 Å². The Morgan fingerprint density at radius 1 is 1.13 bits per heavy atom. The number of anilines is 3. The van der Waals surface area contributed by atoms with Gasteiger partial charge in [0.1, 0.15) is 11.3 Å². The molecule has 0 radical (unpaired) electrons. The molecule has 1 atom stereocenters. The van der Waals surface area contributed by atoms with Crippen molar-refractivity contribution in [3.05, 3.63) is 61.8 Å². The minimum Gasteiger partial charge on any atom is -0.356 e. The van der Waals surface area contributed by atoms with E-state index in [-0.39, 0.29) is 48.9 Å². The lowest BCUT2D eigenvalue weighted by atomic mass is 9.96. The fourth-order valence-corrected chi connectivity index (χ4v) is 6.72. The highest BCUT2D eigenvalue weighted by molar-refractivity contribution is 7.10. The largest absolute Gasteiger partial charge is 0.391 e. The first-order valence-electron chi connectivity index (χ1n) is 15.1. The topological polar surface area (TPSA) is 87.1 Å². The number of thiophene rings is 1. The van der Waals surface area contributed by atoms with E-state index in [1.807, 2.05) is 30.5 Å². The fraction of sp³-hybridized carbons (Fsp3) is 0.469. The van der Waals surface area contributed by atoms with Crippen LogP contribution in [0.2, 0.25) is 10.0 Å². The minimum atomic E-state index is -4.26. The van der Waals surface area contributed by atoms with E-state index in [1.165, 1.54) is 11.3 Å². The summed E-state index contributed by atoms with van der Waals surface area (Å²) in [5.41, 5.74) is 2.57. The van der Waals surface area contributed by atoms with Crippen LogP contribution in [0.1, 0.15) is 67.4 Å². The molecular weight excluding hydrogens is 658 g/mol. The fourth-order valence-electron chi connectivity index (χ4n) is 5.45. The molecule has 0 bridgehead atoms. The van der Waals surface area contributed by atoms with E-state index in [4.69, 9.17) is 33.2 Å². The van der Waals surface area contributed by atoms with E-state index in [0.29, 0.717) is 45.2 Å². The Kier molecular flexibility index (Phi) is 10.1. The second kappa shape index (κ2) is 13.6. The number of alkyl halides is 3. The third kappa shape index (κ3) is 7.73. The second-order valence-electron chi connectivity index (χ2n) is 12.9. The molecule has 3 aromatic heterocycles. The van der Waals surface area contributed by atoms with E-state index in [0.717, 1.165) is 17.0 Å². The molecular formula is C32H38Cl2F3N7OS. The van der Waals surface area contributed by atoms with Gasteiger partial charge in [-0.2, -0.15) is 13.2 Å². The predicted octanol–water partition coefficient (Wildman–Crippen LogP) is 8.49.